The van der Waals surface area contributed by atoms with Crippen molar-refractivity contribution < 1.29 is 4.79 Å². The number of nitrogens with two attached hydrogens (primary N) is 2. The Morgan fingerprint density at radius 2 is 2.20 bits per heavy atom. The maximum atomic E-state index is 11.0. The smallest absolute Gasteiger partial charge is 0.162 e. The number of nitrogens with zero attached hydrogens (tertiary/aromatic N) is 2. The number of nitriles is 1. The monoisotopic (exact) mass is 300 g/mol. The second-order valence-electron chi connectivity index (χ2n) is 4.05. The number of hydrogen-bond acceptors (Lipinski definition) is 7. The highest BCUT2D eigenvalue weighted by Crippen LogP contribution is 2.42. The summed E-state index contributed by atoms with van der Waals surface area (Å²) in [6, 6.07) is 3.96. The molecule has 3 aromatic rings. The Balaban J connectivity index is 2.54. The van der Waals surface area contributed by atoms with Crippen LogP contribution in [0.2, 0.25) is 0 Å². The van der Waals surface area contributed by atoms with Crippen molar-refractivity contribution in [3.63, 3.8) is 0 Å². The van der Waals surface area contributed by atoms with Crippen molar-refractivity contribution in [3.05, 3.63) is 27.3 Å². The van der Waals surface area contributed by atoms with Crippen LogP contribution in [0.4, 0.5) is 11.5 Å². The van der Waals surface area contributed by atoms with Crippen molar-refractivity contribution >= 4 is 50.7 Å². The van der Waals surface area contributed by atoms with Crippen LogP contribution in [-0.2, 0) is 0 Å². The summed E-state index contributed by atoms with van der Waals surface area (Å²) in [4.78, 5) is 16.2. The van der Waals surface area contributed by atoms with Crippen LogP contribution in [-0.4, -0.2) is 11.3 Å². The zero-order chi connectivity index (χ0) is 14.3. The largest absolute Gasteiger partial charge is 0.397 e. The molecule has 0 saturated carbocycles. The molecule has 0 aliphatic heterocycles. The third-order valence-corrected chi connectivity index (χ3v) is 4.67. The number of carbonyl (C=O) groups excluding carboxylic acids is 1. The van der Waals surface area contributed by atoms with Gasteiger partial charge in [-0.1, -0.05) is 0 Å². The van der Waals surface area contributed by atoms with E-state index in [0.29, 0.717) is 32.6 Å². The lowest BCUT2D eigenvalue weighted by atomic mass is 10.00. The maximum Gasteiger partial charge on any atom is 0.162 e. The van der Waals surface area contributed by atoms with Crippen LogP contribution in [0.3, 0.4) is 0 Å². The first-order chi connectivity index (χ1) is 9.67. The molecule has 3 aromatic heterocycles. The zero-order valence-corrected chi connectivity index (χ0v) is 11.7. The number of nitrogen functional groups attached to an aromatic ring is 2. The lowest BCUT2D eigenvalue weighted by Gasteiger charge is -2.07. The van der Waals surface area contributed by atoms with Crippen molar-refractivity contribution in [2.75, 3.05) is 11.5 Å². The average molecular weight is 300 g/mol. The van der Waals surface area contributed by atoms with Crippen LogP contribution in [0, 0.1) is 11.3 Å². The number of carbonyl (C=O) groups is 1. The van der Waals surface area contributed by atoms with Crippen molar-refractivity contribution in [3.8, 4) is 17.2 Å². The first kappa shape index (κ1) is 12.6. The molecular weight excluding hydrogens is 292 g/mol. The Morgan fingerprint density at radius 1 is 1.40 bits per heavy atom. The Morgan fingerprint density at radius 3 is 2.80 bits per heavy atom. The van der Waals surface area contributed by atoms with Gasteiger partial charge in [-0.3, -0.25) is 4.79 Å². The lowest BCUT2D eigenvalue weighted by Crippen LogP contribution is -1.98. The Bertz CT molecular complexity index is 859. The minimum absolute atomic E-state index is 0.153. The second kappa shape index (κ2) is 4.59. The molecular formula is C13H8N4OS2. The van der Waals surface area contributed by atoms with Crippen LogP contribution in [0.15, 0.2) is 16.8 Å². The van der Waals surface area contributed by atoms with Gasteiger partial charge in [0, 0.05) is 10.9 Å². The van der Waals surface area contributed by atoms with Gasteiger partial charge < -0.3 is 11.5 Å². The van der Waals surface area contributed by atoms with Gasteiger partial charge in [-0.15, -0.1) is 11.3 Å². The molecule has 5 nitrogen and oxygen atoms in total. The fourth-order valence-electron chi connectivity index (χ4n) is 2.08. The normalized spacial score (nSPS) is 10.6. The van der Waals surface area contributed by atoms with Gasteiger partial charge in [0.15, 0.2) is 6.29 Å². The van der Waals surface area contributed by atoms with E-state index in [9.17, 15) is 10.1 Å². The Labute approximate surface area is 122 Å². The van der Waals surface area contributed by atoms with Gasteiger partial charge in [-0.05, 0) is 22.4 Å². The van der Waals surface area contributed by atoms with E-state index in [-0.39, 0.29) is 11.4 Å². The highest BCUT2D eigenvalue weighted by molar-refractivity contribution is 7.21. The van der Waals surface area contributed by atoms with Gasteiger partial charge in [-0.25, -0.2) is 4.98 Å². The minimum Gasteiger partial charge on any atom is -0.397 e. The van der Waals surface area contributed by atoms with E-state index < -0.39 is 0 Å². The molecule has 0 amide bonds. The predicted octanol–water partition coefficient (Wildman–Crippen LogP) is 2.87. The van der Waals surface area contributed by atoms with Crippen LogP contribution < -0.4 is 11.5 Å². The number of hydrogen-bond donors (Lipinski definition) is 2. The highest BCUT2D eigenvalue weighted by Gasteiger charge is 2.21. The van der Waals surface area contributed by atoms with Gasteiger partial charge in [0.25, 0.3) is 0 Å². The van der Waals surface area contributed by atoms with E-state index in [0.717, 1.165) is 5.56 Å². The summed E-state index contributed by atoms with van der Waals surface area (Å²) in [5.41, 5.74) is 14.0. The van der Waals surface area contributed by atoms with E-state index in [4.69, 9.17) is 11.5 Å². The summed E-state index contributed by atoms with van der Waals surface area (Å²) >= 11 is 2.69. The van der Waals surface area contributed by atoms with Crippen LogP contribution in [0.5, 0.6) is 0 Å². The van der Waals surface area contributed by atoms with E-state index in [1.165, 1.54) is 22.7 Å². The molecule has 0 unspecified atom stereocenters. The fourth-order valence-corrected chi connectivity index (χ4v) is 3.66. The third kappa shape index (κ3) is 1.66. The third-order valence-electron chi connectivity index (χ3n) is 2.96. The van der Waals surface area contributed by atoms with Crippen LogP contribution in [0.25, 0.3) is 21.3 Å². The first-order valence-corrected chi connectivity index (χ1v) is 7.32. The lowest BCUT2D eigenvalue weighted by molar-refractivity contribution is 0.112. The number of anilines is 2. The van der Waals surface area contributed by atoms with E-state index in [1.54, 1.807) is 0 Å². The molecule has 0 aliphatic rings. The van der Waals surface area contributed by atoms with Gasteiger partial charge in [0.2, 0.25) is 0 Å². The topological polar surface area (TPSA) is 106 Å². The molecule has 0 fully saturated rings. The Hall–Kier alpha value is -2.43. The number of fused-ring (bicyclic) bond motifs is 1. The quantitative estimate of drug-likeness (QED) is 0.708. The summed E-state index contributed by atoms with van der Waals surface area (Å²) in [7, 11) is 0. The van der Waals surface area contributed by atoms with E-state index in [2.05, 4.69) is 11.1 Å². The number of aldehydes is 1. The van der Waals surface area contributed by atoms with Gasteiger partial charge in [0.1, 0.15) is 22.3 Å². The molecule has 0 saturated heterocycles. The molecule has 3 heterocycles. The van der Waals surface area contributed by atoms with Crippen molar-refractivity contribution in [2.45, 2.75) is 0 Å². The number of rotatable bonds is 2. The number of aromatic nitrogens is 1. The molecule has 0 aromatic carbocycles. The van der Waals surface area contributed by atoms with Crippen molar-refractivity contribution in [1.29, 1.82) is 5.26 Å². The summed E-state index contributed by atoms with van der Waals surface area (Å²) in [6.45, 7) is 0. The number of pyridine rings is 1. The molecule has 4 N–H and O–H groups in total. The Kier molecular flexibility index (Phi) is 2.89. The van der Waals surface area contributed by atoms with Crippen LogP contribution in [0.1, 0.15) is 15.2 Å². The highest BCUT2D eigenvalue weighted by atomic mass is 32.1. The van der Waals surface area contributed by atoms with E-state index in [1.807, 2.05) is 16.8 Å². The molecule has 0 aliphatic carbocycles. The molecule has 0 bridgehead atoms. The number of thiophene rings is 2. The summed E-state index contributed by atoms with van der Waals surface area (Å²) < 4.78 is 0. The standard InChI is InChI=1S/C13H8N4OS2/c14-3-7-9(6-1-2-19-5-6)10-11(15)8(4-18)20-13(10)17-12(7)16/h1-2,4-5H,15H2,(H2,16,17). The fraction of sp³-hybridized carbons (Fsp3) is 0. The van der Waals surface area contributed by atoms with Gasteiger partial charge in [0.05, 0.1) is 10.6 Å². The maximum absolute atomic E-state index is 11.0. The molecule has 20 heavy (non-hydrogen) atoms. The molecule has 7 heteroatoms. The average Bonchev–Trinajstić information content (AvgIpc) is 3.06. The molecule has 3 rings (SSSR count). The van der Waals surface area contributed by atoms with Gasteiger partial charge >= 0.3 is 0 Å². The summed E-state index contributed by atoms with van der Waals surface area (Å²) in [5.74, 6) is 0.153. The van der Waals surface area contributed by atoms with Gasteiger partial charge in [-0.2, -0.15) is 16.6 Å². The molecule has 98 valence electrons. The first-order valence-electron chi connectivity index (χ1n) is 5.56. The summed E-state index contributed by atoms with van der Waals surface area (Å²) in [6.07, 6.45) is 0.696. The molecule has 0 spiro atoms. The second-order valence-corrected chi connectivity index (χ2v) is 5.86. The zero-order valence-electron chi connectivity index (χ0n) is 10.1. The molecule has 0 atom stereocenters. The minimum atomic E-state index is 0.153. The van der Waals surface area contributed by atoms with Crippen molar-refractivity contribution in [1.82, 2.24) is 4.98 Å². The van der Waals surface area contributed by atoms with Crippen LogP contribution >= 0.6 is 22.7 Å². The van der Waals surface area contributed by atoms with Crippen molar-refractivity contribution in [2.24, 2.45) is 0 Å². The summed E-state index contributed by atoms with van der Waals surface area (Å²) in [5, 5.41) is 13.8. The molecule has 0 radical (unpaired) electrons. The van der Waals surface area contributed by atoms with E-state index >= 15 is 0 Å². The predicted molar refractivity (Wildman–Crippen MR) is 81.9 cm³/mol. The SMILES string of the molecule is N#Cc1c(N)nc2sc(C=O)c(N)c2c1-c1ccsc1.